The SMILES string of the molecule is CN=C(NCCN1CCOCC1)NCC(c1ccc(F)cc1)N(C)C.I. The fourth-order valence-corrected chi connectivity index (χ4v) is 2.85. The van der Waals surface area contributed by atoms with Crippen molar-refractivity contribution in [3.8, 4) is 0 Å². The quantitative estimate of drug-likeness (QED) is 0.353. The molecule has 0 aliphatic carbocycles. The summed E-state index contributed by atoms with van der Waals surface area (Å²) in [6, 6.07) is 6.80. The number of hydrogen-bond donors (Lipinski definition) is 2. The van der Waals surface area contributed by atoms with Crippen molar-refractivity contribution in [3.05, 3.63) is 35.6 Å². The zero-order chi connectivity index (χ0) is 18.1. The lowest BCUT2D eigenvalue weighted by Gasteiger charge is -2.28. The zero-order valence-electron chi connectivity index (χ0n) is 15.9. The van der Waals surface area contributed by atoms with Crippen LogP contribution in [0.5, 0.6) is 0 Å². The summed E-state index contributed by atoms with van der Waals surface area (Å²) in [5.41, 5.74) is 1.07. The molecule has 1 fully saturated rings. The van der Waals surface area contributed by atoms with Crippen LogP contribution in [0.25, 0.3) is 0 Å². The van der Waals surface area contributed by atoms with Gasteiger partial charge in [0.15, 0.2) is 5.96 Å². The molecular weight excluding hydrogens is 448 g/mol. The number of nitrogens with zero attached hydrogens (tertiary/aromatic N) is 3. The molecule has 26 heavy (non-hydrogen) atoms. The Morgan fingerprint density at radius 3 is 2.46 bits per heavy atom. The van der Waals surface area contributed by atoms with Gasteiger partial charge in [-0.25, -0.2) is 4.39 Å². The number of rotatable bonds is 7. The van der Waals surface area contributed by atoms with Gasteiger partial charge in [0.1, 0.15) is 5.82 Å². The molecule has 0 aromatic heterocycles. The van der Waals surface area contributed by atoms with Crippen molar-refractivity contribution in [2.75, 3.05) is 67.1 Å². The summed E-state index contributed by atoms with van der Waals surface area (Å²) in [6.45, 7) is 6.10. The van der Waals surface area contributed by atoms with Gasteiger partial charge in [0, 0.05) is 39.8 Å². The van der Waals surface area contributed by atoms with E-state index in [0.717, 1.165) is 50.9 Å². The van der Waals surface area contributed by atoms with Crippen LogP contribution >= 0.6 is 24.0 Å². The molecule has 1 aromatic rings. The molecule has 8 heteroatoms. The minimum absolute atomic E-state index is 0. The molecule has 1 atom stereocenters. The second kappa shape index (κ2) is 12.4. The summed E-state index contributed by atoms with van der Waals surface area (Å²) in [5, 5.41) is 6.71. The van der Waals surface area contributed by atoms with Gasteiger partial charge in [-0.3, -0.25) is 9.89 Å². The first kappa shape index (κ1) is 23.1. The highest BCUT2D eigenvalue weighted by Crippen LogP contribution is 2.17. The van der Waals surface area contributed by atoms with E-state index in [1.165, 1.54) is 12.1 Å². The maximum Gasteiger partial charge on any atom is 0.191 e. The van der Waals surface area contributed by atoms with E-state index in [-0.39, 0.29) is 35.8 Å². The molecule has 0 amide bonds. The maximum atomic E-state index is 13.1. The molecule has 1 heterocycles. The largest absolute Gasteiger partial charge is 0.379 e. The van der Waals surface area contributed by atoms with Crippen LogP contribution in [0, 0.1) is 5.82 Å². The Kier molecular flexibility index (Phi) is 11.0. The lowest BCUT2D eigenvalue weighted by Crippen LogP contribution is -2.46. The van der Waals surface area contributed by atoms with Crippen LogP contribution in [0.15, 0.2) is 29.3 Å². The van der Waals surface area contributed by atoms with Crippen LogP contribution in [0.2, 0.25) is 0 Å². The summed E-state index contributed by atoms with van der Waals surface area (Å²) in [7, 11) is 5.81. The minimum Gasteiger partial charge on any atom is -0.379 e. The van der Waals surface area contributed by atoms with E-state index < -0.39 is 0 Å². The lowest BCUT2D eigenvalue weighted by atomic mass is 10.1. The van der Waals surface area contributed by atoms with Gasteiger partial charge >= 0.3 is 0 Å². The highest BCUT2D eigenvalue weighted by atomic mass is 127. The van der Waals surface area contributed by atoms with Crippen LogP contribution in [-0.2, 0) is 4.74 Å². The number of ether oxygens (including phenoxy) is 1. The fourth-order valence-electron chi connectivity index (χ4n) is 2.85. The smallest absolute Gasteiger partial charge is 0.191 e. The predicted molar refractivity (Wildman–Crippen MR) is 115 cm³/mol. The van der Waals surface area contributed by atoms with E-state index >= 15 is 0 Å². The van der Waals surface area contributed by atoms with Gasteiger partial charge < -0.3 is 20.3 Å². The molecule has 0 radical (unpaired) electrons. The predicted octanol–water partition coefficient (Wildman–Crippen LogP) is 1.54. The number of guanidine groups is 1. The van der Waals surface area contributed by atoms with Crippen molar-refractivity contribution in [1.82, 2.24) is 20.4 Å². The average molecular weight is 479 g/mol. The second-order valence-corrected chi connectivity index (χ2v) is 6.36. The number of likely N-dealkylation sites (N-methyl/N-ethyl adjacent to an activating group) is 1. The number of halogens is 2. The molecule has 0 bridgehead atoms. The Bertz CT molecular complexity index is 535. The van der Waals surface area contributed by atoms with Gasteiger partial charge in [-0.05, 0) is 31.8 Å². The molecular formula is C18H31FIN5O. The van der Waals surface area contributed by atoms with Crippen LogP contribution in [0.1, 0.15) is 11.6 Å². The number of aliphatic imine (C=N–C) groups is 1. The third kappa shape index (κ3) is 7.73. The fraction of sp³-hybridized carbons (Fsp3) is 0.611. The van der Waals surface area contributed by atoms with E-state index in [4.69, 9.17) is 4.74 Å². The maximum absolute atomic E-state index is 13.1. The van der Waals surface area contributed by atoms with Crippen molar-refractivity contribution < 1.29 is 9.13 Å². The normalized spacial score (nSPS) is 16.9. The minimum atomic E-state index is -0.213. The van der Waals surface area contributed by atoms with Crippen molar-refractivity contribution in [3.63, 3.8) is 0 Å². The van der Waals surface area contributed by atoms with Gasteiger partial charge in [0.2, 0.25) is 0 Å². The van der Waals surface area contributed by atoms with Gasteiger partial charge in [-0.15, -0.1) is 24.0 Å². The van der Waals surface area contributed by atoms with Crippen LogP contribution < -0.4 is 10.6 Å². The Hall–Kier alpha value is -0.970. The first-order valence-electron chi connectivity index (χ1n) is 8.76. The molecule has 148 valence electrons. The molecule has 1 aliphatic rings. The Morgan fingerprint density at radius 2 is 1.88 bits per heavy atom. The first-order chi connectivity index (χ1) is 12.1. The van der Waals surface area contributed by atoms with E-state index in [0.29, 0.717) is 6.54 Å². The first-order valence-corrected chi connectivity index (χ1v) is 8.76. The van der Waals surface area contributed by atoms with E-state index in [1.54, 1.807) is 7.05 Å². The number of morpholine rings is 1. The van der Waals surface area contributed by atoms with Crippen LogP contribution in [-0.4, -0.2) is 82.8 Å². The highest BCUT2D eigenvalue weighted by Gasteiger charge is 2.15. The Morgan fingerprint density at radius 1 is 1.23 bits per heavy atom. The van der Waals surface area contributed by atoms with E-state index in [9.17, 15) is 4.39 Å². The van der Waals surface area contributed by atoms with Gasteiger partial charge in [-0.2, -0.15) is 0 Å². The topological polar surface area (TPSA) is 52.1 Å². The van der Waals surface area contributed by atoms with Crippen LogP contribution in [0.3, 0.4) is 0 Å². The molecule has 6 nitrogen and oxygen atoms in total. The monoisotopic (exact) mass is 479 g/mol. The molecule has 2 N–H and O–H groups in total. The molecule has 2 rings (SSSR count). The van der Waals surface area contributed by atoms with E-state index in [1.807, 2.05) is 26.2 Å². The lowest BCUT2D eigenvalue weighted by molar-refractivity contribution is 0.0389. The third-order valence-corrected chi connectivity index (χ3v) is 4.39. The van der Waals surface area contributed by atoms with Crippen molar-refractivity contribution in [2.45, 2.75) is 6.04 Å². The van der Waals surface area contributed by atoms with Crippen LogP contribution in [0.4, 0.5) is 4.39 Å². The molecule has 1 saturated heterocycles. The molecule has 0 spiro atoms. The highest BCUT2D eigenvalue weighted by molar-refractivity contribution is 14.0. The van der Waals surface area contributed by atoms with E-state index in [2.05, 4.69) is 25.4 Å². The van der Waals surface area contributed by atoms with Gasteiger partial charge in [0.25, 0.3) is 0 Å². The molecule has 0 saturated carbocycles. The van der Waals surface area contributed by atoms with Crippen molar-refractivity contribution in [1.29, 1.82) is 0 Å². The van der Waals surface area contributed by atoms with Crippen molar-refractivity contribution in [2.24, 2.45) is 4.99 Å². The number of nitrogens with one attached hydrogen (secondary N) is 2. The number of benzene rings is 1. The summed E-state index contributed by atoms with van der Waals surface area (Å²) >= 11 is 0. The summed E-state index contributed by atoms with van der Waals surface area (Å²) < 4.78 is 18.5. The standard InChI is InChI=1S/C18H30FN5O.HI/c1-20-18(21-8-9-24-10-12-25-13-11-24)22-14-17(23(2)3)15-4-6-16(19)7-5-15;/h4-7,17H,8-14H2,1-3H3,(H2,20,21,22);1H. The van der Waals surface area contributed by atoms with Gasteiger partial charge in [-0.1, -0.05) is 12.1 Å². The van der Waals surface area contributed by atoms with Gasteiger partial charge in [0.05, 0.1) is 19.3 Å². The molecule has 1 unspecified atom stereocenters. The van der Waals surface area contributed by atoms with Crippen molar-refractivity contribution >= 4 is 29.9 Å². The Balaban J connectivity index is 0.00000338. The average Bonchev–Trinajstić information content (AvgIpc) is 2.62. The Labute approximate surface area is 173 Å². The summed E-state index contributed by atoms with van der Waals surface area (Å²) in [4.78, 5) is 8.77. The third-order valence-electron chi connectivity index (χ3n) is 4.39. The number of hydrogen-bond acceptors (Lipinski definition) is 4. The summed E-state index contributed by atoms with van der Waals surface area (Å²) in [5.74, 6) is 0.567. The molecule has 1 aliphatic heterocycles. The molecule has 1 aromatic carbocycles. The zero-order valence-corrected chi connectivity index (χ0v) is 18.2. The second-order valence-electron chi connectivity index (χ2n) is 6.36. The summed E-state index contributed by atoms with van der Waals surface area (Å²) in [6.07, 6.45) is 0.